The molecule has 18 heavy (non-hydrogen) atoms. The average Bonchev–Trinajstić information content (AvgIpc) is 2.27. The van der Waals surface area contributed by atoms with E-state index < -0.39 is 12.6 Å². The molecule has 6 heteroatoms. The predicted octanol–water partition coefficient (Wildman–Crippen LogP) is 2.83. The first-order valence-corrected chi connectivity index (χ1v) is 5.56. The van der Waals surface area contributed by atoms with Crippen LogP contribution in [0.25, 0.3) is 0 Å². The van der Waals surface area contributed by atoms with Crippen LogP contribution >= 0.6 is 0 Å². The third kappa shape index (κ3) is 5.27. The monoisotopic (exact) mass is 263 g/mol. The Hall–Kier alpha value is -1.43. The maximum atomic E-state index is 11.9. The van der Waals surface area contributed by atoms with Gasteiger partial charge in [0.05, 0.1) is 7.11 Å². The van der Waals surface area contributed by atoms with Crippen LogP contribution in [0.3, 0.4) is 0 Å². The molecule has 0 aromatic heterocycles. The fourth-order valence-corrected chi connectivity index (χ4v) is 1.49. The number of aromatic hydroxyl groups is 1. The van der Waals surface area contributed by atoms with E-state index in [1.54, 1.807) is 12.1 Å². The fraction of sp³-hybridized carbons (Fsp3) is 0.500. The standard InChI is InChI=1S/C12H16F3NO2/c1-18-11-4-3-9(7-10(11)17)8-16-6-2-5-12(13,14)15/h3-4,7,16-17H,2,5-6,8H2,1H3. The number of hydrogen-bond acceptors (Lipinski definition) is 3. The number of rotatable bonds is 6. The highest BCUT2D eigenvalue weighted by Gasteiger charge is 2.25. The lowest BCUT2D eigenvalue weighted by Crippen LogP contribution is -2.17. The number of hydrogen-bond donors (Lipinski definition) is 2. The molecule has 0 atom stereocenters. The molecule has 1 aromatic rings. The molecule has 0 aliphatic carbocycles. The highest BCUT2D eigenvalue weighted by Crippen LogP contribution is 2.26. The van der Waals surface area contributed by atoms with Gasteiger partial charge in [-0.15, -0.1) is 0 Å². The van der Waals surface area contributed by atoms with Gasteiger partial charge in [-0.1, -0.05) is 6.07 Å². The molecule has 0 amide bonds. The van der Waals surface area contributed by atoms with Gasteiger partial charge in [-0.05, 0) is 30.7 Å². The second-order valence-electron chi connectivity index (χ2n) is 3.90. The van der Waals surface area contributed by atoms with E-state index >= 15 is 0 Å². The molecular weight excluding hydrogens is 247 g/mol. The summed E-state index contributed by atoms with van der Waals surface area (Å²) in [6, 6.07) is 4.88. The summed E-state index contributed by atoms with van der Waals surface area (Å²) in [7, 11) is 1.45. The molecule has 0 aliphatic rings. The van der Waals surface area contributed by atoms with Gasteiger partial charge in [-0.3, -0.25) is 0 Å². The highest BCUT2D eigenvalue weighted by molar-refractivity contribution is 5.41. The minimum atomic E-state index is -4.10. The summed E-state index contributed by atoms with van der Waals surface area (Å²) in [4.78, 5) is 0. The molecule has 3 nitrogen and oxygen atoms in total. The molecule has 102 valence electrons. The molecule has 0 heterocycles. The first-order valence-electron chi connectivity index (χ1n) is 5.56. The molecule has 0 saturated carbocycles. The van der Waals surface area contributed by atoms with Crippen LogP contribution < -0.4 is 10.1 Å². The maximum Gasteiger partial charge on any atom is 0.389 e. The van der Waals surface area contributed by atoms with Crippen molar-refractivity contribution in [2.45, 2.75) is 25.6 Å². The number of phenols is 1. The van der Waals surface area contributed by atoms with Crippen LogP contribution in [0.4, 0.5) is 13.2 Å². The van der Waals surface area contributed by atoms with E-state index in [1.807, 2.05) is 0 Å². The summed E-state index contributed by atoms with van der Waals surface area (Å²) >= 11 is 0. The minimum Gasteiger partial charge on any atom is -0.504 e. The van der Waals surface area contributed by atoms with Gasteiger partial charge in [-0.25, -0.2) is 0 Å². The van der Waals surface area contributed by atoms with Crippen LogP contribution in [0.5, 0.6) is 11.5 Å². The Morgan fingerprint density at radius 2 is 2.06 bits per heavy atom. The normalized spacial score (nSPS) is 11.6. The third-order valence-electron chi connectivity index (χ3n) is 2.39. The topological polar surface area (TPSA) is 41.5 Å². The lowest BCUT2D eigenvalue weighted by atomic mass is 10.2. The van der Waals surface area contributed by atoms with Crippen molar-refractivity contribution in [1.82, 2.24) is 5.32 Å². The van der Waals surface area contributed by atoms with Gasteiger partial charge in [0, 0.05) is 13.0 Å². The van der Waals surface area contributed by atoms with Gasteiger partial charge in [0.25, 0.3) is 0 Å². The van der Waals surface area contributed by atoms with E-state index in [2.05, 4.69) is 5.32 Å². The average molecular weight is 263 g/mol. The number of nitrogens with one attached hydrogen (secondary N) is 1. The zero-order valence-corrected chi connectivity index (χ0v) is 10.0. The predicted molar refractivity (Wildman–Crippen MR) is 61.7 cm³/mol. The van der Waals surface area contributed by atoms with Gasteiger partial charge in [-0.2, -0.15) is 13.2 Å². The largest absolute Gasteiger partial charge is 0.504 e. The molecule has 0 fully saturated rings. The Labute approximate surface area is 104 Å². The summed E-state index contributed by atoms with van der Waals surface area (Å²) in [5.41, 5.74) is 0.792. The number of phenolic OH excluding ortho intramolecular Hbond substituents is 1. The molecule has 1 aromatic carbocycles. The molecule has 2 N–H and O–H groups in total. The quantitative estimate of drug-likeness (QED) is 0.775. The van der Waals surface area contributed by atoms with E-state index in [4.69, 9.17) is 4.74 Å². The molecular formula is C12H16F3NO2. The molecule has 0 unspecified atom stereocenters. The van der Waals surface area contributed by atoms with Gasteiger partial charge < -0.3 is 15.2 Å². The van der Waals surface area contributed by atoms with Crippen LogP contribution in [0, 0.1) is 0 Å². The number of benzene rings is 1. The molecule has 0 radical (unpaired) electrons. The lowest BCUT2D eigenvalue weighted by molar-refractivity contribution is -0.135. The van der Waals surface area contributed by atoms with E-state index in [1.165, 1.54) is 13.2 Å². The van der Waals surface area contributed by atoms with Gasteiger partial charge in [0.1, 0.15) is 0 Å². The first-order chi connectivity index (χ1) is 8.42. The third-order valence-corrected chi connectivity index (χ3v) is 2.39. The fourth-order valence-electron chi connectivity index (χ4n) is 1.49. The van der Waals surface area contributed by atoms with Gasteiger partial charge in [0.15, 0.2) is 11.5 Å². The van der Waals surface area contributed by atoms with Crippen molar-refractivity contribution in [1.29, 1.82) is 0 Å². The van der Waals surface area contributed by atoms with Crippen LogP contribution in [0.15, 0.2) is 18.2 Å². The highest BCUT2D eigenvalue weighted by atomic mass is 19.4. The molecule has 0 bridgehead atoms. The van der Waals surface area contributed by atoms with Crippen molar-refractivity contribution in [2.24, 2.45) is 0 Å². The number of ether oxygens (including phenoxy) is 1. The molecule has 0 aliphatic heterocycles. The summed E-state index contributed by atoms with van der Waals surface area (Å²) < 4.78 is 40.5. The summed E-state index contributed by atoms with van der Waals surface area (Å²) in [5, 5.41) is 12.4. The van der Waals surface area contributed by atoms with Gasteiger partial charge >= 0.3 is 6.18 Å². The van der Waals surface area contributed by atoms with Crippen LogP contribution in [0.1, 0.15) is 18.4 Å². The van der Waals surface area contributed by atoms with Crippen molar-refractivity contribution in [3.63, 3.8) is 0 Å². The Balaban J connectivity index is 2.29. The van der Waals surface area contributed by atoms with Crippen LogP contribution in [-0.4, -0.2) is 24.9 Å². The van der Waals surface area contributed by atoms with Gasteiger partial charge in [0.2, 0.25) is 0 Å². The number of methoxy groups -OCH3 is 1. The molecule has 1 rings (SSSR count). The van der Waals surface area contributed by atoms with E-state index in [9.17, 15) is 18.3 Å². The second kappa shape index (κ2) is 6.49. The number of alkyl halides is 3. The van der Waals surface area contributed by atoms with Crippen molar-refractivity contribution < 1.29 is 23.0 Å². The maximum absolute atomic E-state index is 11.9. The zero-order chi connectivity index (χ0) is 13.6. The Morgan fingerprint density at radius 1 is 1.33 bits per heavy atom. The summed E-state index contributed by atoms with van der Waals surface area (Å²) in [6.45, 7) is 0.696. The van der Waals surface area contributed by atoms with Crippen molar-refractivity contribution in [2.75, 3.05) is 13.7 Å². The van der Waals surface area contributed by atoms with Crippen molar-refractivity contribution in [3.05, 3.63) is 23.8 Å². The van der Waals surface area contributed by atoms with E-state index in [0.29, 0.717) is 12.3 Å². The van der Waals surface area contributed by atoms with Crippen LogP contribution in [0.2, 0.25) is 0 Å². The smallest absolute Gasteiger partial charge is 0.389 e. The second-order valence-corrected chi connectivity index (χ2v) is 3.90. The molecule has 0 spiro atoms. The number of halogens is 3. The lowest BCUT2D eigenvalue weighted by Gasteiger charge is -2.09. The Bertz CT molecular complexity index is 380. The summed E-state index contributed by atoms with van der Waals surface area (Å²) in [6.07, 6.45) is -4.83. The summed E-state index contributed by atoms with van der Waals surface area (Å²) in [5.74, 6) is 0.392. The Kier molecular flexibility index (Phi) is 5.27. The van der Waals surface area contributed by atoms with Crippen molar-refractivity contribution in [3.8, 4) is 11.5 Å². The minimum absolute atomic E-state index is 0.0205. The first kappa shape index (κ1) is 14.6. The molecule has 0 saturated heterocycles. The van der Waals surface area contributed by atoms with E-state index in [0.717, 1.165) is 5.56 Å². The Morgan fingerprint density at radius 3 is 2.61 bits per heavy atom. The van der Waals surface area contributed by atoms with Crippen molar-refractivity contribution >= 4 is 0 Å². The van der Waals surface area contributed by atoms with Crippen LogP contribution in [-0.2, 0) is 6.54 Å². The zero-order valence-electron chi connectivity index (χ0n) is 10.0. The SMILES string of the molecule is COc1ccc(CNCCCC(F)(F)F)cc1O. The van der Waals surface area contributed by atoms with E-state index in [-0.39, 0.29) is 18.7 Å².